The molecular formula is C14H8FNO3S. The summed E-state index contributed by atoms with van der Waals surface area (Å²) in [6.45, 7) is 0. The molecule has 2 aromatic heterocycles. The van der Waals surface area contributed by atoms with Crippen LogP contribution in [0.5, 0.6) is 5.75 Å². The molecule has 2 heterocycles. The highest BCUT2D eigenvalue weighted by molar-refractivity contribution is 7.12. The molecule has 100 valence electrons. The number of aromatic hydroxyl groups is 1. The van der Waals surface area contributed by atoms with Gasteiger partial charge in [0.1, 0.15) is 17.1 Å². The normalized spacial score (nSPS) is 10.8. The van der Waals surface area contributed by atoms with Crippen molar-refractivity contribution in [2.45, 2.75) is 0 Å². The molecule has 6 heteroatoms. The molecule has 0 radical (unpaired) electrons. The summed E-state index contributed by atoms with van der Waals surface area (Å²) >= 11 is 1.16. The maximum atomic E-state index is 13.2. The first-order valence-electron chi connectivity index (χ1n) is 5.70. The lowest BCUT2D eigenvalue weighted by Crippen LogP contribution is -2.18. The minimum absolute atomic E-state index is 0.101. The zero-order valence-electron chi connectivity index (χ0n) is 10.0. The number of aromatic amines is 1. The number of benzene rings is 1. The zero-order chi connectivity index (χ0) is 14.3. The Morgan fingerprint density at radius 3 is 2.80 bits per heavy atom. The van der Waals surface area contributed by atoms with E-state index in [4.69, 9.17) is 0 Å². The summed E-state index contributed by atoms with van der Waals surface area (Å²) in [7, 11) is 0. The summed E-state index contributed by atoms with van der Waals surface area (Å²) in [5, 5.41) is 11.9. The molecule has 0 saturated heterocycles. The van der Waals surface area contributed by atoms with Gasteiger partial charge in [-0.05, 0) is 29.6 Å². The van der Waals surface area contributed by atoms with Crippen LogP contribution in [-0.4, -0.2) is 15.9 Å². The van der Waals surface area contributed by atoms with E-state index in [9.17, 15) is 19.1 Å². The highest BCUT2D eigenvalue weighted by Gasteiger charge is 2.21. The largest absolute Gasteiger partial charge is 0.506 e. The highest BCUT2D eigenvalue weighted by Crippen LogP contribution is 2.27. The fourth-order valence-electron chi connectivity index (χ4n) is 1.99. The molecule has 0 spiro atoms. The lowest BCUT2D eigenvalue weighted by Gasteiger charge is -2.06. The van der Waals surface area contributed by atoms with E-state index in [0.717, 1.165) is 17.4 Å². The number of carbonyl (C=O) groups excluding carboxylic acids is 1. The monoisotopic (exact) mass is 289 g/mol. The van der Waals surface area contributed by atoms with Gasteiger partial charge >= 0.3 is 0 Å². The summed E-state index contributed by atoms with van der Waals surface area (Å²) in [6.07, 6.45) is 0. The number of rotatable bonds is 2. The molecule has 3 rings (SSSR count). The molecule has 3 aromatic rings. The third-order valence-corrected chi connectivity index (χ3v) is 3.79. The fourth-order valence-corrected chi connectivity index (χ4v) is 2.66. The van der Waals surface area contributed by atoms with Crippen molar-refractivity contribution >= 4 is 28.0 Å². The first kappa shape index (κ1) is 12.6. The molecule has 0 amide bonds. The molecule has 20 heavy (non-hydrogen) atoms. The second kappa shape index (κ2) is 4.57. The molecule has 0 aliphatic rings. The van der Waals surface area contributed by atoms with E-state index < -0.39 is 22.9 Å². The molecule has 4 nitrogen and oxygen atoms in total. The minimum atomic E-state index is -0.694. The summed E-state index contributed by atoms with van der Waals surface area (Å²) in [4.78, 5) is 27.0. The van der Waals surface area contributed by atoms with E-state index in [-0.39, 0.29) is 16.5 Å². The van der Waals surface area contributed by atoms with Crippen molar-refractivity contribution in [1.82, 2.24) is 4.98 Å². The third kappa shape index (κ3) is 1.90. The predicted molar refractivity (Wildman–Crippen MR) is 73.9 cm³/mol. The van der Waals surface area contributed by atoms with Crippen molar-refractivity contribution in [2.75, 3.05) is 0 Å². The van der Waals surface area contributed by atoms with Gasteiger partial charge in [-0.15, -0.1) is 11.3 Å². The van der Waals surface area contributed by atoms with Crippen molar-refractivity contribution < 1.29 is 14.3 Å². The molecule has 0 bridgehead atoms. The third-order valence-electron chi connectivity index (χ3n) is 2.92. The average molecular weight is 289 g/mol. The molecule has 1 aromatic carbocycles. The van der Waals surface area contributed by atoms with Crippen molar-refractivity contribution in [3.8, 4) is 5.75 Å². The van der Waals surface area contributed by atoms with Crippen LogP contribution >= 0.6 is 11.3 Å². The van der Waals surface area contributed by atoms with Crippen molar-refractivity contribution in [2.24, 2.45) is 0 Å². The lowest BCUT2D eigenvalue weighted by atomic mass is 10.1. The standard InChI is InChI=1S/C14H8FNO3S/c15-7-3-4-9-8(6-7)12(17)11(14(19)16-9)13(18)10-2-1-5-20-10/h1-6H,(H2,16,17,19). The maximum Gasteiger partial charge on any atom is 0.263 e. The van der Waals surface area contributed by atoms with Crippen LogP contribution in [-0.2, 0) is 0 Å². The maximum absolute atomic E-state index is 13.2. The predicted octanol–water partition coefficient (Wildman–Crippen LogP) is 2.67. The Hall–Kier alpha value is -2.47. The van der Waals surface area contributed by atoms with E-state index in [0.29, 0.717) is 4.88 Å². The van der Waals surface area contributed by atoms with E-state index in [1.165, 1.54) is 12.1 Å². The Morgan fingerprint density at radius 2 is 2.10 bits per heavy atom. The SMILES string of the molecule is O=C(c1cccs1)c1c(O)c2cc(F)ccc2[nH]c1=O. The molecular weight excluding hydrogens is 281 g/mol. The molecule has 0 saturated carbocycles. The number of halogens is 1. The minimum Gasteiger partial charge on any atom is -0.506 e. The molecule has 0 aliphatic carbocycles. The second-order valence-electron chi connectivity index (χ2n) is 4.17. The Labute approximate surface area is 116 Å². The van der Waals surface area contributed by atoms with Crippen LogP contribution in [0.1, 0.15) is 15.2 Å². The quantitative estimate of drug-likeness (QED) is 0.712. The van der Waals surface area contributed by atoms with Crippen molar-refractivity contribution in [3.05, 3.63) is 62.3 Å². The number of carbonyl (C=O) groups is 1. The van der Waals surface area contributed by atoms with Gasteiger partial charge in [-0.25, -0.2) is 4.39 Å². The molecule has 0 aliphatic heterocycles. The van der Waals surface area contributed by atoms with Gasteiger partial charge in [0, 0.05) is 5.39 Å². The second-order valence-corrected chi connectivity index (χ2v) is 5.12. The van der Waals surface area contributed by atoms with Crippen molar-refractivity contribution in [3.63, 3.8) is 0 Å². The Balaban J connectivity index is 2.31. The van der Waals surface area contributed by atoms with E-state index in [1.54, 1.807) is 17.5 Å². The lowest BCUT2D eigenvalue weighted by molar-refractivity contribution is 0.103. The Kier molecular flexibility index (Phi) is 2.87. The Bertz CT molecular complexity index is 868. The highest BCUT2D eigenvalue weighted by atomic mass is 32.1. The van der Waals surface area contributed by atoms with Crippen LogP contribution in [0.3, 0.4) is 0 Å². The van der Waals surface area contributed by atoms with Crippen LogP contribution in [0.2, 0.25) is 0 Å². The zero-order valence-corrected chi connectivity index (χ0v) is 10.8. The number of thiophene rings is 1. The van der Waals surface area contributed by atoms with Crippen molar-refractivity contribution in [1.29, 1.82) is 0 Å². The van der Waals surface area contributed by atoms with Gasteiger partial charge in [-0.1, -0.05) is 6.07 Å². The van der Waals surface area contributed by atoms with E-state index in [2.05, 4.69) is 4.98 Å². The van der Waals surface area contributed by atoms with E-state index in [1.807, 2.05) is 0 Å². The van der Waals surface area contributed by atoms with Gasteiger partial charge in [0.2, 0.25) is 5.78 Å². The average Bonchev–Trinajstić information content (AvgIpc) is 2.93. The van der Waals surface area contributed by atoms with Gasteiger partial charge in [0.15, 0.2) is 0 Å². The van der Waals surface area contributed by atoms with Crippen LogP contribution in [0.25, 0.3) is 10.9 Å². The Morgan fingerprint density at radius 1 is 1.30 bits per heavy atom. The van der Waals surface area contributed by atoms with E-state index >= 15 is 0 Å². The van der Waals surface area contributed by atoms with Gasteiger partial charge in [0.05, 0.1) is 10.4 Å². The van der Waals surface area contributed by atoms with Gasteiger partial charge < -0.3 is 10.1 Å². The number of ketones is 1. The molecule has 0 unspecified atom stereocenters. The topological polar surface area (TPSA) is 70.2 Å². The fraction of sp³-hybridized carbons (Fsp3) is 0. The number of hydrogen-bond acceptors (Lipinski definition) is 4. The summed E-state index contributed by atoms with van der Waals surface area (Å²) in [5.41, 5.74) is -0.790. The van der Waals surface area contributed by atoms with Crippen LogP contribution < -0.4 is 5.56 Å². The van der Waals surface area contributed by atoms with Crippen LogP contribution in [0.15, 0.2) is 40.5 Å². The number of fused-ring (bicyclic) bond motifs is 1. The number of H-pyrrole nitrogens is 1. The van der Waals surface area contributed by atoms with Gasteiger partial charge in [-0.3, -0.25) is 9.59 Å². The number of hydrogen-bond donors (Lipinski definition) is 2. The van der Waals surface area contributed by atoms with Crippen LogP contribution in [0, 0.1) is 5.82 Å². The van der Waals surface area contributed by atoms with Gasteiger partial charge in [-0.2, -0.15) is 0 Å². The molecule has 0 atom stereocenters. The summed E-state index contributed by atoms with van der Waals surface area (Å²) in [5.74, 6) is -1.64. The summed E-state index contributed by atoms with van der Waals surface area (Å²) < 4.78 is 13.2. The van der Waals surface area contributed by atoms with Gasteiger partial charge in [0.25, 0.3) is 5.56 Å². The smallest absolute Gasteiger partial charge is 0.263 e. The number of nitrogens with one attached hydrogen (secondary N) is 1. The first-order valence-corrected chi connectivity index (χ1v) is 6.58. The van der Waals surface area contributed by atoms with Crippen LogP contribution in [0.4, 0.5) is 4.39 Å². The first-order chi connectivity index (χ1) is 9.58. The summed E-state index contributed by atoms with van der Waals surface area (Å²) in [6, 6.07) is 6.81. The molecule has 2 N–H and O–H groups in total. The number of pyridine rings is 1. The molecule has 0 fully saturated rings. The number of aromatic nitrogens is 1.